The van der Waals surface area contributed by atoms with Gasteiger partial charge < -0.3 is 15.0 Å². The molecular weight excluding hydrogens is 262 g/mol. The van der Waals surface area contributed by atoms with Crippen LogP contribution >= 0.6 is 0 Å². The van der Waals surface area contributed by atoms with Crippen molar-refractivity contribution in [2.24, 2.45) is 0 Å². The number of ether oxygens (including phenoxy) is 1. The molecule has 0 saturated carbocycles. The van der Waals surface area contributed by atoms with Gasteiger partial charge >= 0.3 is 0 Å². The average Bonchev–Trinajstić information content (AvgIpc) is 2.90. The molecule has 0 aliphatic rings. The maximum atomic E-state index is 5.56. The topological polar surface area (TPSA) is 49.9 Å². The molecule has 0 aliphatic heterocycles. The van der Waals surface area contributed by atoms with Crippen molar-refractivity contribution in [3.8, 4) is 5.75 Å². The van der Waals surface area contributed by atoms with Gasteiger partial charge in [-0.2, -0.15) is 0 Å². The maximum absolute atomic E-state index is 5.56. The predicted molar refractivity (Wildman–Crippen MR) is 85.8 cm³/mol. The lowest BCUT2D eigenvalue weighted by molar-refractivity contribution is 0.338. The molecule has 2 aromatic carbocycles. The third kappa shape index (κ3) is 2.99. The number of nitrogens with one attached hydrogen (secondary N) is 2. The normalized spacial score (nSPS) is 10.8. The van der Waals surface area contributed by atoms with Crippen LogP contribution in [0.25, 0.3) is 11.0 Å². The summed E-state index contributed by atoms with van der Waals surface area (Å²) >= 11 is 0. The minimum atomic E-state index is 0.692. The smallest absolute Gasteiger partial charge is 0.201 e. The van der Waals surface area contributed by atoms with Crippen molar-refractivity contribution in [1.82, 2.24) is 9.97 Å². The fraction of sp³-hybridized carbons (Fsp3) is 0.235. The summed E-state index contributed by atoms with van der Waals surface area (Å²) in [6, 6.07) is 14.2. The first-order valence-electron chi connectivity index (χ1n) is 7.17. The molecular formula is C17H19N3O. The lowest BCUT2D eigenvalue weighted by Gasteiger charge is -2.09. The predicted octanol–water partition coefficient (Wildman–Crippen LogP) is 3.88. The molecule has 0 radical (unpaired) electrons. The van der Waals surface area contributed by atoms with Crippen LogP contribution in [-0.4, -0.2) is 16.6 Å². The van der Waals surface area contributed by atoms with Crippen molar-refractivity contribution < 1.29 is 4.74 Å². The molecule has 0 amide bonds. The molecule has 21 heavy (non-hydrogen) atoms. The largest absolute Gasteiger partial charge is 0.494 e. The second kappa shape index (κ2) is 5.87. The Morgan fingerprint density at radius 1 is 1.19 bits per heavy atom. The number of para-hydroxylation sites is 2. The van der Waals surface area contributed by atoms with E-state index in [9.17, 15) is 0 Å². The summed E-state index contributed by atoms with van der Waals surface area (Å²) in [6.45, 7) is 5.48. The highest BCUT2D eigenvalue weighted by Crippen LogP contribution is 2.20. The Labute approximate surface area is 124 Å². The summed E-state index contributed by atoms with van der Waals surface area (Å²) < 4.78 is 5.56. The molecule has 4 heteroatoms. The number of rotatable bonds is 5. The van der Waals surface area contributed by atoms with Gasteiger partial charge in [-0.05, 0) is 43.2 Å². The Bertz CT molecular complexity index is 716. The summed E-state index contributed by atoms with van der Waals surface area (Å²) in [5.74, 6) is 1.74. The van der Waals surface area contributed by atoms with E-state index < -0.39 is 0 Å². The summed E-state index contributed by atoms with van der Waals surface area (Å²) in [4.78, 5) is 7.77. The molecule has 0 atom stereocenters. The van der Waals surface area contributed by atoms with Gasteiger partial charge in [0.1, 0.15) is 5.75 Å². The zero-order valence-electron chi connectivity index (χ0n) is 12.3. The molecule has 108 valence electrons. The molecule has 0 fully saturated rings. The van der Waals surface area contributed by atoms with E-state index in [0.717, 1.165) is 34.8 Å². The molecule has 3 aromatic rings. The number of H-pyrrole nitrogens is 1. The van der Waals surface area contributed by atoms with Crippen LogP contribution in [-0.2, 0) is 6.54 Å². The minimum Gasteiger partial charge on any atom is -0.494 e. The van der Waals surface area contributed by atoms with Crippen molar-refractivity contribution in [3.05, 3.63) is 53.6 Å². The number of aromatic amines is 1. The standard InChI is InChI=1S/C17H19N3O/c1-3-21-16-9-8-13(10-12(16)2)11-18-17-19-14-6-4-5-7-15(14)20-17/h4-10H,3,11H2,1-2H3,(H2,18,19,20). The third-order valence-corrected chi connectivity index (χ3v) is 3.39. The van der Waals surface area contributed by atoms with Crippen molar-refractivity contribution >= 4 is 17.0 Å². The van der Waals surface area contributed by atoms with Crippen LogP contribution in [0.4, 0.5) is 5.95 Å². The fourth-order valence-electron chi connectivity index (χ4n) is 2.36. The number of aryl methyl sites for hydroxylation is 1. The van der Waals surface area contributed by atoms with Crippen LogP contribution in [0, 0.1) is 6.92 Å². The molecule has 1 aromatic heterocycles. The number of fused-ring (bicyclic) bond motifs is 1. The van der Waals surface area contributed by atoms with E-state index in [-0.39, 0.29) is 0 Å². The average molecular weight is 281 g/mol. The van der Waals surface area contributed by atoms with Crippen molar-refractivity contribution in [2.45, 2.75) is 20.4 Å². The number of imidazole rings is 1. The molecule has 3 rings (SSSR count). The van der Waals surface area contributed by atoms with E-state index in [1.54, 1.807) is 0 Å². The van der Waals surface area contributed by atoms with Crippen LogP contribution in [0.2, 0.25) is 0 Å². The van der Waals surface area contributed by atoms with Crippen LogP contribution < -0.4 is 10.1 Å². The zero-order valence-corrected chi connectivity index (χ0v) is 12.3. The highest BCUT2D eigenvalue weighted by atomic mass is 16.5. The lowest BCUT2D eigenvalue weighted by Crippen LogP contribution is -2.02. The first kappa shape index (κ1) is 13.5. The Hall–Kier alpha value is -2.49. The van der Waals surface area contributed by atoms with Crippen LogP contribution in [0.3, 0.4) is 0 Å². The Kier molecular flexibility index (Phi) is 3.77. The number of hydrogen-bond acceptors (Lipinski definition) is 3. The maximum Gasteiger partial charge on any atom is 0.201 e. The van der Waals surface area contributed by atoms with E-state index in [2.05, 4.69) is 34.3 Å². The molecule has 1 heterocycles. The minimum absolute atomic E-state index is 0.692. The van der Waals surface area contributed by atoms with E-state index in [4.69, 9.17) is 4.74 Å². The summed E-state index contributed by atoms with van der Waals surface area (Å²) in [5.41, 5.74) is 4.38. The van der Waals surface area contributed by atoms with Gasteiger partial charge in [0, 0.05) is 6.54 Å². The van der Waals surface area contributed by atoms with Gasteiger partial charge in [0.05, 0.1) is 17.6 Å². The van der Waals surface area contributed by atoms with E-state index in [1.807, 2.05) is 37.3 Å². The highest BCUT2D eigenvalue weighted by Gasteiger charge is 2.03. The molecule has 0 spiro atoms. The van der Waals surface area contributed by atoms with Crippen molar-refractivity contribution in [3.63, 3.8) is 0 Å². The lowest BCUT2D eigenvalue weighted by atomic mass is 10.1. The second-order valence-corrected chi connectivity index (χ2v) is 4.99. The first-order chi connectivity index (χ1) is 10.3. The third-order valence-electron chi connectivity index (χ3n) is 3.39. The van der Waals surface area contributed by atoms with Gasteiger partial charge in [-0.1, -0.05) is 24.3 Å². The monoisotopic (exact) mass is 281 g/mol. The number of hydrogen-bond donors (Lipinski definition) is 2. The van der Waals surface area contributed by atoms with Gasteiger partial charge in [-0.25, -0.2) is 4.98 Å². The quantitative estimate of drug-likeness (QED) is 0.746. The van der Waals surface area contributed by atoms with Crippen molar-refractivity contribution in [1.29, 1.82) is 0 Å². The Balaban J connectivity index is 1.70. The number of aromatic nitrogens is 2. The Morgan fingerprint density at radius 2 is 2.05 bits per heavy atom. The second-order valence-electron chi connectivity index (χ2n) is 4.99. The summed E-state index contributed by atoms with van der Waals surface area (Å²) in [6.07, 6.45) is 0. The van der Waals surface area contributed by atoms with Gasteiger partial charge in [0.2, 0.25) is 5.95 Å². The van der Waals surface area contributed by atoms with Gasteiger partial charge in [-0.15, -0.1) is 0 Å². The molecule has 0 bridgehead atoms. The van der Waals surface area contributed by atoms with Gasteiger partial charge in [-0.3, -0.25) is 0 Å². The summed E-state index contributed by atoms with van der Waals surface area (Å²) in [5, 5.41) is 3.32. The van der Waals surface area contributed by atoms with E-state index in [1.165, 1.54) is 5.56 Å². The van der Waals surface area contributed by atoms with Crippen molar-refractivity contribution in [2.75, 3.05) is 11.9 Å². The number of anilines is 1. The molecule has 4 nitrogen and oxygen atoms in total. The molecule has 0 saturated heterocycles. The van der Waals surface area contributed by atoms with E-state index >= 15 is 0 Å². The Morgan fingerprint density at radius 3 is 2.81 bits per heavy atom. The van der Waals surface area contributed by atoms with Gasteiger partial charge in [0.15, 0.2) is 0 Å². The fourth-order valence-corrected chi connectivity index (χ4v) is 2.36. The number of benzene rings is 2. The first-order valence-corrected chi connectivity index (χ1v) is 7.17. The van der Waals surface area contributed by atoms with Crippen LogP contribution in [0.5, 0.6) is 5.75 Å². The molecule has 0 unspecified atom stereocenters. The molecule has 2 N–H and O–H groups in total. The van der Waals surface area contributed by atoms with Gasteiger partial charge in [0.25, 0.3) is 0 Å². The van der Waals surface area contributed by atoms with Crippen LogP contribution in [0.1, 0.15) is 18.1 Å². The SMILES string of the molecule is CCOc1ccc(CNc2nc3ccccc3[nH]2)cc1C. The molecule has 0 aliphatic carbocycles. The van der Waals surface area contributed by atoms with E-state index in [0.29, 0.717) is 6.61 Å². The highest BCUT2D eigenvalue weighted by molar-refractivity contribution is 5.77. The zero-order chi connectivity index (χ0) is 14.7. The summed E-state index contributed by atoms with van der Waals surface area (Å²) in [7, 11) is 0. The number of nitrogens with zero attached hydrogens (tertiary/aromatic N) is 1. The van der Waals surface area contributed by atoms with Crippen LogP contribution in [0.15, 0.2) is 42.5 Å².